The summed E-state index contributed by atoms with van der Waals surface area (Å²) in [5, 5.41) is 9.61. The first-order chi connectivity index (χ1) is 9.74. The molecular formula is C14H13N3O2S. The van der Waals surface area contributed by atoms with Crippen LogP contribution in [0.3, 0.4) is 0 Å². The van der Waals surface area contributed by atoms with E-state index >= 15 is 0 Å². The van der Waals surface area contributed by atoms with Gasteiger partial charge in [-0.2, -0.15) is 0 Å². The van der Waals surface area contributed by atoms with E-state index in [1.54, 1.807) is 6.92 Å². The van der Waals surface area contributed by atoms with Crippen LogP contribution in [0, 0.1) is 0 Å². The molecule has 0 atom stereocenters. The van der Waals surface area contributed by atoms with Crippen LogP contribution in [0.2, 0.25) is 0 Å². The van der Waals surface area contributed by atoms with Crippen LogP contribution in [0.1, 0.15) is 13.3 Å². The number of aromatic amines is 1. The summed E-state index contributed by atoms with van der Waals surface area (Å²) in [6, 6.07) is 7.95. The van der Waals surface area contributed by atoms with Gasteiger partial charge in [-0.05, 0) is 13.0 Å². The van der Waals surface area contributed by atoms with Crippen molar-refractivity contribution in [2.75, 3.05) is 5.75 Å². The van der Waals surface area contributed by atoms with Crippen LogP contribution < -0.4 is 0 Å². The quantitative estimate of drug-likeness (QED) is 0.729. The number of hydrogen-bond acceptors (Lipinski definition) is 5. The first kappa shape index (κ1) is 12.9. The third-order valence-electron chi connectivity index (χ3n) is 2.91. The molecule has 2 aromatic heterocycles. The van der Waals surface area contributed by atoms with Crippen molar-refractivity contribution in [1.82, 2.24) is 15.2 Å². The molecule has 6 heteroatoms. The number of carbonyl (C=O) groups is 1. The highest BCUT2D eigenvalue weighted by Crippen LogP contribution is 2.29. The van der Waals surface area contributed by atoms with Gasteiger partial charge in [-0.15, -0.1) is 10.2 Å². The van der Waals surface area contributed by atoms with Crippen LogP contribution in [-0.4, -0.2) is 26.7 Å². The van der Waals surface area contributed by atoms with Crippen molar-refractivity contribution in [2.24, 2.45) is 0 Å². The lowest BCUT2D eigenvalue weighted by atomic mass is 10.2. The zero-order chi connectivity index (χ0) is 13.9. The molecule has 0 aliphatic rings. The highest BCUT2D eigenvalue weighted by molar-refractivity contribution is 7.99. The summed E-state index contributed by atoms with van der Waals surface area (Å²) in [5.41, 5.74) is 1.93. The number of nitrogens with one attached hydrogen (secondary N) is 1. The van der Waals surface area contributed by atoms with E-state index in [1.807, 2.05) is 30.5 Å². The second kappa shape index (κ2) is 5.50. The van der Waals surface area contributed by atoms with Crippen molar-refractivity contribution < 1.29 is 9.21 Å². The van der Waals surface area contributed by atoms with Crippen LogP contribution in [0.15, 0.2) is 40.1 Å². The van der Waals surface area contributed by atoms with Crippen molar-refractivity contribution in [1.29, 1.82) is 0 Å². The Morgan fingerprint density at radius 1 is 1.35 bits per heavy atom. The second-order valence-corrected chi connectivity index (χ2v) is 5.47. The summed E-state index contributed by atoms with van der Waals surface area (Å²) in [5.74, 6) is 1.31. The van der Waals surface area contributed by atoms with Crippen molar-refractivity contribution in [3.05, 3.63) is 30.5 Å². The van der Waals surface area contributed by atoms with Crippen LogP contribution >= 0.6 is 11.8 Å². The lowest BCUT2D eigenvalue weighted by Gasteiger charge is -1.93. The van der Waals surface area contributed by atoms with Crippen molar-refractivity contribution in [3.8, 4) is 11.5 Å². The molecule has 102 valence electrons. The molecule has 20 heavy (non-hydrogen) atoms. The molecule has 0 spiro atoms. The molecular weight excluding hydrogens is 274 g/mol. The standard InChI is InChI=1S/C14H13N3O2S/c1-9(18)6-7-20-14-17-16-13(19-14)11-8-15-12-5-3-2-4-10(11)12/h2-5,8,15H,6-7H2,1H3. The molecule has 0 unspecified atom stereocenters. The Balaban J connectivity index is 1.81. The smallest absolute Gasteiger partial charge is 0.276 e. The fraction of sp³-hybridized carbons (Fsp3) is 0.214. The third-order valence-corrected chi connectivity index (χ3v) is 3.73. The zero-order valence-corrected chi connectivity index (χ0v) is 11.7. The van der Waals surface area contributed by atoms with Gasteiger partial charge >= 0.3 is 0 Å². The number of H-pyrrole nitrogens is 1. The normalized spacial score (nSPS) is 11.1. The van der Waals surface area contributed by atoms with Crippen molar-refractivity contribution in [2.45, 2.75) is 18.6 Å². The van der Waals surface area contributed by atoms with E-state index in [4.69, 9.17) is 4.42 Å². The van der Waals surface area contributed by atoms with Crippen molar-refractivity contribution >= 4 is 28.4 Å². The van der Waals surface area contributed by atoms with Gasteiger partial charge in [0.2, 0.25) is 0 Å². The molecule has 3 aromatic rings. The van der Waals surface area contributed by atoms with Gasteiger partial charge in [-0.1, -0.05) is 30.0 Å². The number of para-hydroxylation sites is 1. The summed E-state index contributed by atoms with van der Waals surface area (Å²) < 4.78 is 5.63. The van der Waals surface area contributed by atoms with Gasteiger partial charge in [0, 0.05) is 29.3 Å². The van der Waals surface area contributed by atoms with E-state index in [-0.39, 0.29) is 5.78 Å². The maximum Gasteiger partial charge on any atom is 0.276 e. The Labute approximate surface area is 119 Å². The number of aromatic nitrogens is 3. The van der Waals surface area contributed by atoms with E-state index in [0.717, 1.165) is 16.5 Å². The minimum absolute atomic E-state index is 0.161. The van der Waals surface area contributed by atoms with Crippen LogP contribution in [0.4, 0.5) is 0 Å². The van der Waals surface area contributed by atoms with Gasteiger partial charge in [0.1, 0.15) is 5.78 Å². The molecule has 0 saturated heterocycles. The molecule has 0 aliphatic carbocycles. The predicted molar refractivity (Wildman–Crippen MR) is 77.6 cm³/mol. The van der Waals surface area contributed by atoms with Crippen LogP contribution in [0.25, 0.3) is 22.4 Å². The highest BCUT2D eigenvalue weighted by Gasteiger charge is 2.13. The number of fused-ring (bicyclic) bond motifs is 1. The fourth-order valence-corrected chi connectivity index (χ4v) is 2.71. The molecule has 0 saturated carbocycles. The van der Waals surface area contributed by atoms with Gasteiger partial charge < -0.3 is 9.40 Å². The van der Waals surface area contributed by atoms with Crippen LogP contribution in [-0.2, 0) is 4.79 Å². The minimum atomic E-state index is 0.161. The summed E-state index contributed by atoms with van der Waals surface area (Å²) in [6.07, 6.45) is 2.37. The number of nitrogens with zero attached hydrogens (tertiary/aromatic N) is 2. The Bertz CT molecular complexity index is 748. The molecule has 5 nitrogen and oxygen atoms in total. The minimum Gasteiger partial charge on any atom is -0.411 e. The molecule has 1 aromatic carbocycles. The van der Waals surface area contributed by atoms with Gasteiger partial charge in [0.05, 0.1) is 5.56 Å². The summed E-state index contributed by atoms with van der Waals surface area (Å²) in [7, 11) is 0. The molecule has 2 heterocycles. The number of carbonyl (C=O) groups excluding carboxylic acids is 1. The van der Waals surface area contributed by atoms with Gasteiger partial charge in [0.15, 0.2) is 0 Å². The molecule has 0 bridgehead atoms. The average Bonchev–Trinajstić information content (AvgIpc) is 3.04. The van der Waals surface area contributed by atoms with E-state index in [2.05, 4.69) is 15.2 Å². The summed E-state index contributed by atoms with van der Waals surface area (Å²) in [4.78, 5) is 14.1. The van der Waals surface area contributed by atoms with E-state index in [9.17, 15) is 4.79 Å². The van der Waals surface area contributed by atoms with Crippen molar-refractivity contribution in [3.63, 3.8) is 0 Å². The van der Waals surface area contributed by atoms with E-state index < -0.39 is 0 Å². The largest absolute Gasteiger partial charge is 0.411 e. The van der Waals surface area contributed by atoms with Gasteiger partial charge in [-0.25, -0.2) is 0 Å². The lowest BCUT2D eigenvalue weighted by molar-refractivity contribution is -0.116. The first-order valence-electron chi connectivity index (χ1n) is 6.26. The molecule has 0 aliphatic heterocycles. The Morgan fingerprint density at radius 2 is 2.20 bits per heavy atom. The number of thioether (sulfide) groups is 1. The molecule has 0 radical (unpaired) electrons. The van der Waals surface area contributed by atoms with E-state index in [1.165, 1.54) is 11.8 Å². The molecule has 1 N–H and O–H groups in total. The Morgan fingerprint density at radius 3 is 3.05 bits per heavy atom. The van der Waals surface area contributed by atoms with Gasteiger partial charge in [0.25, 0.3) is 11.1 Å². The topological polar surface area (TPSA) is 71.8 Å². The second-order valence-electron chi connectivity index (χ2n) is 4.42. The Kier molecular flexibility index (Phi) is 3.56. The zero-order valence-electron chi connectivity index (χ0n) is 10.9. The number of Topliss-reactive ketones (excluding diaryl/α,β-unsaturated/α-hetero) is 1. The summed E-state index contributed by atoms with van der Waals surface area (Å²) in [6.45, 7) is 1.58. The fourth-order valence-electron chi connectivity index (χ4n) is 1.91. The third kappa shape index (κ3) is 2.60. The first-order valence-corrected chi connectivity index (χ1v) is 7.25. The SMILES string of the molecule is CC(=O)CCSc1nnc(-c2c[nH]c3ccccc23)o1. The summed E-state index contributed by atoms with van der Waals surface area (Å²) >= 11 is 1.40. The molecule has 0 amide bonds. The van der Waals surface area contributed by atoms with Crippen LogP contribution in [0.5, 0.6) is 0 Å². The number of rotatable bonds is 5. The maximum absolute atomic E-state index is 10.9. The number of hydrogen-bond donors (Lipinski definition) is 1. The highest BCUT2D eigenvalue weighted by atomic mass is 32.2. The number of benzene rings is 1. The Hall–Kier alpha value is -2.08. The molecule has 0 fully saturated rings. The maximum atomic E-state index is 10.9. The average molecular weight is 287 g/mol. The number of ketones is 1. The van der Waals surface area contributed by atoms with Gasteiger partial charge in [-0.3, -0.25) is 4.79 Å². The van der Waals surface area contributed by atoms with E-state index in [0.29, 0.717) is 23.3 Å². The lowest BCUT2D eigenvalue weighted by Crippen LogP contribution is -1.91. The monoisotopic (exact) mass is 287 g/mol. The predicted octanol–water partition coefficient (Wildman–Crippen LogP) is 3.29. The molecule has 3 rings (SSSR count).